The highest BCUT2D eigenvalue weighted by Crippen LogP contribution is 2.32. The monoisotopic (exact) mass is 337 g/mol. The molecule has 1 fully saturated rings. The van der Waals surface area contributed by atoms with Crippen molar-refractivity contribution in [1.82, 2.24) is 10.6 Å². The Morgan fingerprint density at radius 2 is 1.83 bits per heavy atom. The van der Waals surface area contributed by atoms with Gasteiger partial charge in [0.2, 0.25) is 0 Å². The summed E-state index contributed by atoms with van der Waals surface area (Å²) in [6.45, 7) is 5.61. The summed E-state index contributed by atoms with van der Waals surface area (Å²) in [6, 6.07) is 0. The van der Waals surface area contributed by atoms with Crippen molar-refractivity contribution in [3.8, 4) is 0 Å². The summed E-state index contributed by atoms with van der Waals surface area (Å²) in [5.74, 6) is 0.432. The lowest BCUT2D eigenvalue weighted by Gasteiger charge is -2.36. The second-order valence-corrected chi connectivity index (χ2v) is 6.08. The summed E-state index contributed by atoms with van der Waals surface area (Å²) in [5.41, 5.74) is -0.249. The van der Waals surface area contributed by atoms with Crippen LogP contribution in [0.4, 0.5) is 13.2 Å². The largest absolute Gasteiger partial charge is 0.390 e. The molecule has 23 heavy (non-hydrogen) atoms. The van der Waals surface area contributed by atoms with Gasteiger partial charge in [-0.1, -0.05) is 26.2 Å². The predicted molar refractivity (Wildman–Crippen MR) is 86.7 cm³/mol. The van der Waals surface area contributed by atoms with Gasteiger partial charge in [-0.25, -0.2) is 0 Å². The molecule has 0 saturated heterocycles. The first-order valence-corrected chi connectivity index (χ1v) is 8.64. The number of ether oxygens (including phenoxy) is 1. The summed E-state index contributed by atoms with van der Waals surface area (Å²) in [6.07, 6.45) is 1.33. The van der Waals surface area contributed by atoms with E-state index in [0.717, 1.165) is 32.1 Å². The minimum atomic E-state index is -4.15. The lowest BCUT2D eigenvalue weighted by Crippen LogP contribution is -2.43. The van der Waals surface area contributed by atoms with Gasteiger partial charge in [0.25, 0.3) is 0 Å². The molecule has 0 aromatic heterocycles. The van der Waals surface area contributed by atoms with Crippen molar-refractivity contribution in [2.75, 3.05) is 26.2 Å². The molecule has 136 valence electrons. The molecule has 0 aromatic rings. The number of aliphatic imine (C=N–C) groups is 1. The summed E-state index contributed by atoms with van der Waals surface area (Å²) in [7, 11) is 0. The van der Waals surface area contributed by atoms with Crippen molar-refractivity contribution in [3.05, 3.63) is 0 Å². The zero-order chi connectivity index (χ0) is 17.2. The van der Waals surface area contributed by atoms with Crippen molar-refractivity contribution in [3.63, 3.8) is 0 Å². The van der Waals surface area contributed by atoms with E-state index in [1.165, 1.54) is 6.42 Å². The maximum absolute atomic E-state index is 12.2. The van der Waals surface area contributed by atoms with Gasteiger partial charge in [0.15, 0.2) is 5.96 Å². The maximum atomic E-state index is 12.2. The molecule has 1 aliphatic carbocycles. The molecule has 1 saturated carbocycles. The van der Waals surface area contributed by atoms with Crippen LogP contribution in [0.5, 0.6) is 0 Å². The fourth-order valence-corrected chi connectivity index (χ4v) is 2.75. The minimum Gasteiger partial charge on any atom is -0.373 e. The van der Waals surface area contributed by atoms with E-state index in [9.17, 15) is 13.2 Å². The standard InChI is InChI=1S/C16H30F3N3O/c1-3-12-23-15(8-6-5-7-9-15)13-22-14(20-4-2)21-11-10-16(17,18)19/h3-13H2,1-2H3,(H2,20,21,22). The Balaban J connectivity index is 2.60. The van der Waals surface area contributed by atoms with E-state index in [2.05, 4.69) is 22.5 Å². The molecule has 0 amide bonds. The van der Waals surface area contributed by atoms with Crippen LogP contribution in [0.3, 0.4) is 0 Å². The number of guanidine groups is 1. The molecule has 0 spiro atoms. The fraction of sp³-hybridized carbons (Fsp3) is 0.938. The van der Waals surface area contributed by atoms with Gasteiger partial charge in [0.05, 0.1) is 18.6 Å². The van der Waals surface area contributed by atoms with Crippen LogP contribution in [-0.2, 0) is 4.74 Å². The van der Waals surface area contributed by atoms with E-state index < -0.39 is 12.6 Å². The Morgan fingerprint density at radius 3 is 2.39 bits per heavy atom. The van der Waals surface area contributed by atoms with Gasteiger partial charge < -0.3 is 15.4 Å². The molecule has 2 N–H and O–H groups in total. The molecule has 0 aromatic carbocycles. The highest BCUT2D eigenvalue weighted by Gasteiger charge is 2.33. The Bertz CT molecular complexity index is 353. The Kier molecular flexibility index (Phi) is 8.73. The van der Waals surface area contributed by atoms with Crippen molar-refractivity contribution in [1.29, 1.82) is 0 Å². The van der Waals surface area contributed by atoms with Gasteiger partial charge >= 0.3 is 6.18 Å². The quantitative estimate of drug-likeness (QED) is 0.525. The van der Waals surface area contributed by atoms with Gasteiger partial charge in [-0.2, -0.15) is 13.2 Å². The van der Waals surface area contributed by atoms with Crippen LogP contribution >= 0.6 is 0 Å². The zero-order valence-electron chi connectivity index (χ0n) is 14.3. The third-order valence-corrected chi connectivity index (χ3v) is 3.95. The lowest BCUT2D eigenvalue weighted by molar-refractivity contribution is -0.132. The van der Waals surface area contributed by atoms with Crippen LogP contribution < -0.4 is 10.6 Å². The number of hydrogen-bond acceptors (Lipinski definition) is 2. The van der Waals surface area contributed by atoms with E-state index in [0.29, 0.717) is 25.7 Å². The molecule has 0 heterocycles. The molecule has 1 aliphatic rings. The average Bonchev–Trinajstić information content (AvgIpc) is 2.50. The van der Waals surface area contributed by atoms with Gasteiger partial charge in [0, 0.05) is 19.7 Å². The number of rotatable bonds is 8. The molecule has 4 nitrogen and oxygen atoms in total. The lowest BCUT2D eigenvalue weighted by atomic mass is 9.84. The average molecular weight is 337 g/mol. The zero-order valence-corrected chi connectivity index (χ0v) is 14.3. The molecule has 0 unspecified atom stereocenters. The second-order valence-electron chi connectivity index (χ2n) is 6.08. The highest BCUT2D eigenvalue weighted by molar-refractivity contribution is 5.79. The summed E-state index contributed by atoms with van der Waals surface area (Å²) in [4.78, 5) is 4.48. The maximum Gasteiger partial charge on any atom is 0.390 e. The van der Waals surface area contributed by atoms with Crippen LogP contribution in [0.15, 0.2) is 4.99 Å². The normalized spacial score (nSPS) is 18.7. The number of hydrogen-bond donors (Lipinski definition) is 2. The third kappa shape index (κ3) is 8.44. The molecule has 0 aliphatic heterocycles. The molecule has 0 radical (unpaired) electrons. The van der Waals surface area contributed by atoms with E-state index in [1.807, 2.05) is 6.92 Å². The highest BCUT2D eigenvalue weighted by atomic mass is 19.4. The van der Waals surface area contributed by atoms with E-state index in [-0.39, 0.29) is 12.1 Å². The number of halogens is 3. The summed E-state index contributed by atoms with van der Waals surface area (Å²) < 4.78 is 42.8. The topological polar surface area (TPSA) is 45.6 Å². The Morgan fingerprint density at radius 1 is 1.13 bits per heavy atom. The molecular formula is C16H30F3N3O. The smallest absolute Gasteiger partial charge is 0.373 e. The van der Waals surface area contributed by atoms with Crippen LogP contribution in [0.1, 0.15) is 58.8 Å². The van der Waals surface area contributed by atoms with Gasteiger partial charge in [-0.05, 0) is 26.2 Å². The molecule has 1 rings (SSSR count). The Hall–Kier alpha value is -0.980. The Labute approximate surface area is 137 Å². The van der Waals surface area contributed by atoms with Gasteiger partial charge in [-0.15, -0.1) is 0 Å². The summed E-state index contributed by atoms with van der Waals surface area (Å²) in [5, 5.41) is 5.75. The first-order valence-electron chi connectivity index (χ1n) is 8.64. The molecule has 7 heteroatoms. The van der Waals surface area contributed by atoms with Gasteiger partial charge in [-0.3, -0.25) is 4.99 Å². The molecule has 0 atom stereocenters. The first kappa shape index (κ1) is 20.1. The van der Waals surface area contributed by atoms with Gasteiger partial charge in [0.1, 0.15) is 0 Å². The molecular weight excluding hydrogens is 307 g/mol. The van der Waals surface area contributed by atoms with Crippen molar-refractivity contribution in [2.24, 2.45) is 4.99 Å². The fourth-order valence-electron chi connectivity index (χ4n) is 2.75. The first-order chi connectivity index (χ1) is 10.9. The third-order valence-electron chi connectivity index (χ3n) is 3.95. The van der Waals surface area contributed by atoms with Crippen molar-refractivity contribution < 1.29 is 17.9 Å². The molecule has 0 bridgehead atoms. The van der Waals surface area contributed by atoms with Crippen LogP contribution in [0, 0.1) is 0 Å². The predicted octanol–water partition coefficient (Wildman–Crippen LogP) is 3.62. The summed E-state index contributed by atoms with van der Waals surface area (Å²) >= 11 is 0. The number of nitrogens with one attached hydrogen (secondary N) is 2. The SMILES string of the molecule is CCCOC1(CN=C(NCC)NCCC(F)(F)F)CCCCC1. The van der Waals surface area contributed by atoms with Crippen molar-refractivity contribution in [2.45, 2.75) is 70.6 Å². The number of alkyl halides is 3. The van der Waals surface area contributed by atoms with Crippen LogP contribution in [0.2, 0.25) is 0 Å². The number of nitrogens with zero attached hydrogens (tertiary/aromatic N) is 1. The van der Waals surface area contributed by atoms with E-state index in [1.54, 1.807) is 0 Å². The van der Waals surface area contributed by atoms with Crippen LogP contribution in [0.25, 0.3) is 0 Å². The van der Waals surface area contributed by atoms with Crippen molar-refractivity contribution >= 4 is 5.96 Å². The van der Waals surface area contributed by atoms with E-state index >= 15 is 0 Å². The van der Waals surface area contributed by atoms with Crippen LogP contribution in [-0.4, -0.2) is 44.0 Å². The van der Waals surface area contributed by atoms with E-state index in [4.69, 9.17) is 4.74 Å². The minimum absolute atomic E-state index is 0.169. The second kappa shape index (κ2) is 10.0.